The maximum atomic E-state index is 13.9. The Labute approximate surface area is 124 Å². The van der Waals surface area contributed by atoms with E-state index < -0.39 is 11.2 Å². The molecule has 6 heteroatoms. The number of aliphatic hydroxyl groups excluding tert-OH is 1. The highest BCUT2D eigenvalue weighted by Crippen LogP contribution is 2.25. The second-order valence-electron chi connectivity index (χ2n) is 5.51. The standard InChI is InChI=1S/C14H16BrFN2O2/c1-14(2,7-19)6-17-13(20)11-5-8-10(18-11)4-3-9(15)12(8)16/h3-5,18-19H,6-7H2,1-2H3,(H,17,20). The second-order valence-corrected chi connectivity index (χ2v) is 6.36. The van der Waals surface area contributed by atoms with E-state index in [1.807, 2.05) is 13.8 Å². The Morgan fingerprint density at radius 1 is 1.50 bits per heavy atom. The summed E-state index contributed by atoms with van der Waals surface area (Å²) in [6.45, 7) is 4.00. The average molecular weight is 343 g/mol. The van der Waals surface area contributed by atoms with Gasteiger partial charge in [-0.05, 0) is 34.1 Å². The Morgan fingerprint density at radius 3 is 2.85 bits per heavy atom. The Hall–Kier alpha value is -1.40. The molecule has 2 aromatic rings. The van der Waals surface area contributed by atoms with Crippen molar-refractivity contribution >= 4 is 32.7 Å². The topological polar surface area (TPSA) is 65.1 Å². The maximum absolute atomic E-state index is 13.9. The van der Waals surface area contributed by atoms with Crippen molar-refractivity contribution in [2.75, 3.05) is 13.2 Å². The van der Waals surface area contributed by atoms with Gasteiger partial charge < -0.3 is 15.4 Å². The molecule has 0 fully saturated rings. The van der Waals surface area contributed by atoms with E-state index >= 15 is 0 Å². The van der Waals surface area contributed by atoms with E-state index in [0.717, 1.165) is 0 Å². The Balaban J connectivity index is 2.21. The van der Waals surface area contributed by atoms with E-state index in [0.29, 0.717) is 27.6 Å². The van der Waals surface area contributed by atoms with Gasteiger partial charge in [0.25, 0.3) is 5.91 Å². The summed E-state index contributed by atoms with van der Waals surface area (Å²) in [6.07, 6.45) is 0. The van der Waals surface area contributed by atoms with Crippen molar-refractivity contribution in [2.45, 2.75) is 13.8 Å². The molecule has 0 aliphatic heterocycles. The lowest BCUT2D eigenvalue weighted by atomic mass is 9.95. The van der Waals surface area contributed by atoms with Crippen molar-refractivity contribution in [3.63, 3.8) is 0 Å². The van der Waals surface area contributed by atoms with Gasteiger partial charge in [0.1, 0.15) is 11.5 Å². The van der Waals surface area contributed by atoms with Gasteiger partial charge in [-0.2, -0.15) is 0 Å². The molecule has 1 aromatic heterocycles. The predicted octanol–water partition coefficient (Wildman–Crippen LogP) is 2.82. The third-order valence-corrected chi connectivity index (χ3v) is 3.70. The largest absolute Gasteiger partial charge is 0.396 e. The first-order chi connectivity index (χ1) is 9.34. The van der Waals surface area contributed by atoms with E-state index in [9.17, 15) is 9.18 Å². The average Bonchev–Trinajstić information content (AvgIpc) is 2.85. The monoisotopic (exact) mass is 342 g/mol. The minimum atomic E-state index is -0.395. The molecule has 0 aliphatic carbocycles. The van der Waals surface area contributed by atoms with Crippen LogP contribution in [-0.4, -0.2) is 29.1 Å². The zero-order valence-corrected chi connectivity index (χ0v) is 12.8. The number of H-pyrrole nitrogens is 1. The molecule has 0 spiro atoms. The summed E-state index contributed by atoms with van der Waals surface area (Å²) < 4.78 is 14.2. The van der Waals surface area contributed by atoms with Gasteiger partial charge in [0.2, 0.25) is 0 Å². The number of nitrogens with one attached hydrogen (secondary N) is 2. The van der Waals surface area contributed by atoms with Crippen molar-refractivity contribution in [3.05, 3.63) is 34.2 Å². The van der Waals surface area contributed by atoms with Gasteiger partial charge in [-0.15, -0.1) is 0 Å². The molecule has 0 atom stereocenters. The molecule has 0 unspecified atom stereocenters. The summed E-state index contributed by atoms with van der Waals surface area (Å²) in [6, 6.07) is 4.78. The minimum absolute atomic E-state index is 0.0262. The van der Waals surface area contributed by atoms with E-state index in [4.69, 9.17) is 5.11 Å². The first-order valence-electron chi connectivity index (χ1n) is 6.20. The van der Waals surface area contributed by atoms with Crippen molar-refractivity contribution in [3.8, 4) is 0 Å². The molecular weight excluding hydrogens is 327 g/mol. The summed E-state index contributed by atoms with van der Waals surface area (Å²) in [5, 5.41) is 12.2. The molecule has 0 saturated heterocycles. The quantitative estimate of drug-likeness (QED) is 0.799. The van der Waals surface area contributed by atoms with Gasteiger partial charge in [-0.25, -0.2) is 4.39 Å². The van der Waals surface area contributed by atoms with Gasteiger partial charge in [-0.3, -0.25) is 4.79 Å². The third-order valence-electron chi connectivity index (χ3n) is 3.09. The number of hydrogen-bond acceptors (Lipinski definition) is 2. The van der Waals surface area contributed by atoms with Crippen molar-refractivity contribution < 1.29 is 14.3 Å². The fraction of sp³-hybridized carbons (Fsp3) is 0.357. The first-order valence-corrected chi connectivity index (χ1v) is 6.99. The van der Waals surface area contributed by atoms with E-state index in [1.54, 1.807) is 12.1 Å². The van der Waals surface area contributed by atoms with E-state index in [-0.39, 0.29) is 12.5 Å². The van der Waals surface area contributed by atoms with Crippen LogP contribution in [0.15, 0.2) is 22.7 Å². The number of aliphatic hydroxyl groups is 1. The third kappa shape index (κ3) is 3.02. The molecule has 4 nitrogen and oxygen atoms in total. The lowest BCUT2D eigenvalue weighted by Crippen LogP contribution is -2.36. The smallest absolute Gasteiger partial charge is 0.267 e. The van der Waals surface area contributed by atoms with Crippen molar-refractivity contribution in [1.29, 1.82) is 0 Å². The lowest BCUT2D eigenvalue weighted by molar-refractivity contribution is 0.0907. The van der Waals surface area contributed by atoms with Crippen molar-refractivity contribution in [2.24, 2.45) is 5.41 Å². The summed E-state index contributed by atoms with van der Waals surface area (Å²) in [5.41, 5.74) is 0.471. The highest BCUT2D eigenvalue weighted by Gasteiger charge is 2.19. The molecule has 2 rings (SSSR count). The molecule has 0 radical (unpaired) electrons. The minimum Gasteiger partial charge on any atom is -0.396 e. The first kappa shape index (κ1) is 15.0. The van der Waals surface area contributed by atoms with Gasteiger partial charge >= 0.3 is 0 Å². The number of aromatic amines is 1. The highest BCUT2D eigenvalue weighted by atomic mass is 79.9. The number of rotatable bonds is 4. The molecule has 3 N–H and O–H groups in total. The van der Waals surface area contributed by atoms with Crippen LogP contribution in [0.1, 0.15) is 24.3 Å². The number of carbonyl (C=O) groups is 1. The summed E-state index contributed by atoms with van der Waals surface area (Å²) in [5.74, 6) is -0.716. The molecular formula is C14H16BrFN2O2. The molecule has 1 heterocycles. The number of hydrogen-bond donors (Lipinski definition) is 3. The van der Waals surface area contributed by atoms with Crippen LogP contribution in [0.3, 0.4) is 0 Å². The fourth-order valence-electron chi connectivity index (χ4n) is 1.73. The van der Waals surface area contributed by atoms with Crippen LogP contribution < -0.4 is 5.32 Å². The van der Waals surface area contributed by atoms with Crippen LogP contribution in [0, 0.1) is 11.2 Å². The molecule has 0 bridgehead atoms. The number of halogens is 2. The molecule has 0 aliphatic rings. The van der Waals surface area contributed by atoms with Crippen LogP contribution in [0.4, 0.5) is 4.39 Å². The van der Waals surface area contributed by atoms with Gasteiger partial charge in [0.15, 0.2) is 0 Å². The maximum Gasteiger partial charge on any atom is 0.267 e. The van der Waals surface area contributed by atoms with Crippen LogP contribution >= 0.6 is 15.9 Å². The second kappa shape index (κ2) is 5.54. The summed E-state index contributed by atoms with van der Waals surface area (Å²) in [7, 11) is 0. The molecule has 0 saturated carbocycles. The SMILES string of the molecule is CC(C)(CO)CNC(=O)c1cc2c(F)c(Br)ccc2[nH]1. The van der Waals surface area contributed by atoms with E-state index in [1.165, 1.54) is 6.07 Å². The van der Waals surface area contributed by atoms with Gasteiger partial charge in [-0.1, -0.05) is 13.8 Å². The zero-order chi connectivity index (χ0) is 14.9. The normalized spacial score (nSPS) is 11.8. The zero-order valence-electron chi connectivity index (χ0n) is 11.3. The Bertz CT molecular complexity index is 652. The van der Waals surface area contributed by atoms with Crippen LogP contribution in [0.25, 0.3) is 10.9 Å². The summed E-state index contributed by atoms with van der Waals surface area (Å²) >= 11 is 3.11. The number of carbonyl (C=O) groups excluding carboxylic acids is 1. The highest BCUT2D eigenvalue weighted by molar-refractivity contribution is 9.10. The van der Waals surface area contributed by atoms with Gasteiger partial charge in [0, 0.05) is 29.5 Å². The van der Waals surface area contributed by atoms with Crippen LogP contribution in [-0.2, 0) is 0 Å². The number of amides is 1. The number of fused-ring (bicyclic) bond motifs is 1. The number of benzene rings is 1. The Kier molecular flexibility index (Phi) is 4.15. The van der Waals surface area contributed by atoms with Crippen LogP contribution in [0.2, 0.25) is 0 Å². The Morgan fingerprint density at radius 2 is 2.20 bits per heavy atom. The summed E-state index contributed by atoms with van der Waals surface area (Å²) in [4.78, 5) is 14.9. The molecule has 1 amide bonds. The fourth-order valence-corrected chi connectivity index (χ4v) is 2.08. The van der Waals surface area contributed by atoms with E-state index in [2.05, 4.69) is 26.2 Å². The molecule has 108 valence electrons. The predicted molar refractivity (Wildman–Crippen MR) is 79.2 cm³/mol. The van der Waals surface area contributed by atoms with Crippen molar-refractivity contribution in [1.82, 2.24) is 10.3 Å². The molecule has 20 heavy (non-hydrogen) atoms. The van der Waals surface area contributed by atoms with Crippen LogP contribution in [0.5, 0.6) is 0 Å². The van der Waals surface area contributed by atoms with Gasteiger partial charge in [0.05, 0.1) is 4.47 Å². The molecule has 1 aromatic carbocycles. The lowest BCUT2D eigenvalue weighted by Gasteiger charge is -2.21. The number of aromatic nitrogens is 1.